The minimum absolute atomic E-state index is 0.00854. The first-order valence-corrected chi connectivity index (χ1v) is 14.0. The van der Waals surface area contributed by atoms with Gasteiger partial charge in [-0.25, -0.2) is 4.79 Å². The Morgan fingerprint density at radius 1 is 0.927 bits per heavy atom. The number of benzene rings is 2. The first-order chi connectivity index (χ1) is 19.5. The Balaban J connectivity index is 1.91. The third-order valence-corrected chi connectivity index (χ3v) is 7.44. The average Bonchev–Trinajstić information content (AvgIpc) is 3.37. The fourth-order valence-corrected chi connectivity index (χ4v) is 4.54. The van der Waals surface area contributed by atoms with Crippen LogP contribution in [-0.4, -0.2) is 68.8 Å². The van der Waals surface area contributed by atoms with E-state index in [9.17, 15) is 29.4 Å². The maximum atomic E-state index is 13.7. The monoisotopic (exact) mass is 583 g/mol. The van der Waals surface area contributed by atoms with E-state index in [2.05, 4.69) is 33.6 Å². The molecule has 220 valence electrons. The lowest BCUT2D eigenvalue weighted by molar-refractivity contribution is -0.143. The van der Waals surface area contributed by atoms with E-state index in [1.54, 1.807) is 25.3 Å². The highest BCUT2D eigenvalue weighted by Gasteiger charge is 2.32. The van der Waals surface area contributed by atoms with E-state index < -0.39 is 47.9 Å². The molecule has 0 aliphatic heterocycles. The third kappa shape index (κ3) is 8.48. The third-order valence-electron chi connectivity index (χ3n) is 7.05. The number of hydrogen-bond acceptors (Lipinski definition) is 7. The van der Waals surface area contributed by atoms with E-state index >= 15 is 0 Å². The van der Waals surface area contributed by atoms with Crippen LogP contribution in [0.4, 0.5) is 0 Å². The number of phenolic OH excluding ortho intramolecular Hbond substituents is 1. The average molecular weight is 584 g/mol. The van der Waals surface area contributed by atoms with Crippen LogP contribution >= 0.6 is 12.6 Å². The number of carbonyl (C=O) groups is 4. The van der Waals surface area contributed by atoms with Gasteiger partial charge in [0, 0.05) is 35.7 Å². The SMILES string of the molecule is CCC(C)C(NC(=O)C(Cc1ccc(O)cc1)NC(=O)C(Cc1c[nH]c2ccccc12)NC(=O)C(N)CS)C(=O)O. The number of rotatable bonds is 14. The van der Waals surface area contributed by atoms with Crippen LogP contribution in [0, 0.1) is 5.92 Å². The Morgan fingerprint density at radius 2 is 1.54 bits per heavy atom. The highest BCUT2D eigenvalue weighted by molar-refractivity contribution is 7.80. The van der Waals surface area contributed by atoms with Gasteiger partial charge in [-0.05, 0) is 35.2 Å². The number of aromatic nitrogens is 1. The van der Waals surface area contributed by atoms with Crippen molar-refractivity contribution in [3.05, 3.63) is 65.9 Å². The molecule has 3 rings (SSSR count). The lowest BCUT2D eigenvalue weighted by atomic mass is 9.97. The number of aromatic hydroxyl groups is 1. The number of para-hydroxylation sites is 1. The van der Waals surface area contributed by atoms with Crippen LogP contribution in [0.2, 0.25) is 0 Å². The molecule has 12 heteroatoms. The molecule has 0 aliphatic carbocycles. The molecule has 0 spiro atoms. The molecule has 0 saturated carbocycles. The van der Waals surface area contributed by atoms with Gasteiger partial charge in [-0.3, -0.25) is 14.4 Å². The van der Waals surface area contributed by atoms with Crippen LogP contribution in [0.5, 0.6) is 5.75 Å². The summed E-state index contributed by atoms with van der Waals surface area (Å²) in [7, 11) is 0. The smallest absolute Gasteiger partial charge is 0.326 e. The van der Waals surface area contributed by atoms with Gasteiger partial charge in [0.15, 0.2) is 0 Å². The van der Waals surface area contributed by atoms with E-state index in [0.717, 1.165) is 16.5 Å². The summed E-state index contributed by atoms with van der Waals surface area (Å²) in [6.45, 7) is 3.53. The van der Waals surface area contributed by atoms with Crippen molar-refractivity contribution in [2.24, 2.45) is 11.7 Å². The molecule has 1 heterocycles. The number of phenols is 1. The Morgan fingerprint density at radius 3 is 2.17 bits per heavy atom. The Labute approximate surface area is 243 Å². The standard InChI is InChI=1S/C29H37N5O6S/c1-3-16(2)25(29(39)40)34-28(38)23(12-17-8-10-19(35)11-9-17)33-27(37)24(32-26(36)21(30)15-41)13-18-14-31-22-7-5-4-6-20(18)22/h4-11,14,16,21,23-25,31,35,41H,3,12-13,15,30H2,1-2H3,(H,32,36)(H,33,37)(H,34,38)(H,39,40). The molecule has 8 N–H and O–H groups in total. The molecule has 0 radical (unpaired) electrons. The molecule has 0 saturated heterocycles. The molecule has 0 bridgehead atoms. The molecule has 5 atom stereocenters. The van der Waals surface area contributed by atoms with Crippen molar-refractivity contribution in [1.29, 1.82) is 0 Å². The fraction of sp³-hybridized carbons (Fsp3) is 0.379. The van der Waals surface area contributed by atoms with E-state index in [4.69, 9.17) is 5.73 Å². The summed E-state index contributed by atoms with van der Waals surface area (Å²) in [6.07, 6.45) is 2.36. The molecule has 3 aromatic rings. The lowest BCUT2D eigenvalue weighted by Gasteiger charge is -2.26. The first kappa shape index (κ1) is 31.5. The zero-order valence-electron chi connectivity index (χ0n) is 23.0. The van der Waals surface area contributed by atoms with E-state index in [-0.39, 0.29) is 30.3 Å². The number of aromatic amines is 1. The number of nitrogens with one attached hydrogen (secondary N) is 4. The summed E-state index contributed by atoms with van der Waals surface area (Å²) in [5.74, 6) is -3.38. The van der Waals surface area contributed by atoms with Gasteiger partial charge in [0.2, 0.25) is 17.7 Å². The summed E-state index contributed by atoms with van der Waals surface area (Å²) in [6, 6.07) is 9.19. The van der Waals surface area contributed by atoms with Crippen molar-refractivity contribution in [3.63, 3.8) is 0 Å². The number of thiol groups is 1. The number of H-pyrrole nitrogens is 1. The van der Waals surface area contributed by atoms with Gasteiger partial charge in [-0.1, -0.05) is 50.6 Å². The Hall–Kier alpha value is -4.03. The molecule has 11 nitrogen and oxygen atoms in total. The summed E-state index contributed by atoms with van der Waals surface area (Å²) < 4.78 is 0. The van der Waals surface area contributed by atoms with Gasteiger partial charge in [0.25, 0.3) is 0 Å². The molecular weight excluding hydrogens is 546 g/mol. The summed E-state index contributed by atoms with van der Waals surface area (Å²) in [5, 5.41) is 28.2. The van der Waals surface area contributed by atoms with Gasteiger partial charge in [0.05, 0.1) is 6.04 Å². The minimum atomic E-state index is -1.19. The molecule has 2 aromatic carbocycles. The topological polar surface area (TPSA) is 187 Å². The second-order valence-electron chi connectivity index (χ2n) is 10.1. The molecule has 5 unspecified atom stereocenters. The van der Waals surface area contributed by atoms with Gasteiger partial charge >= 0.3 is 5.97 Å². The van der Waals surface area contributed by atoms with Gasteiger partial charge in [-0.15, -0.1) is 0 Å². The van der Waals surface area contributed by atoms with Gasteiger partial charge in [0.1, 0.15) is 23.9 Å². The second kappa shape index (κ2) is 14.6. The van der Waals surface area contributed by atoms with Crippen molar-refractivity contribution < 1.29 is 29.4 Å². The van der Waals surface area contributed by atoms with Crippen molar-refractivity contribution in [1.82, 2.24) is 20.9 Å². The van der Waals surface area contributed by atoms with E-state index in [1.807, 2.05) is 31.2 Å². The van der Waals surface area contributed by atoms with Crippen molar-refractivity contribution in [3.8, 4) is 5.75 Å². The van der Waals surface area contributed by atoms with Crippen molar-refractivity contribution in [2.75, 3.05) is 5.75 Å². The molecule has 41 heavy (non-hydrogen) atoms. The first-order valence-electron chi connectivity index (χ1n) is 13.4. The molecule has 0 fully saturated rings. The molecule has 1 aromatic heterocycles. The normalized spacial score (nSPS) is 14.8. The van der Waals surface area contributed by atoms with Crippen LogP contribution < -0.4 is 21.7 Å². The predicted octanol–water partition coefficient (Wildman–Crippen LogP) is 1.50. The number of carbonyl (C=O) groups excluding carboxylic acids is 3. The Bertz CT molecular complexity index is 1360. The molecule has 3 amide bonds. The predicted molar refractivity (Wildman–Crippen MR) is 159 cm³/mol. The van der Waals surface area contributed by atoms with Gasteiger partial charge < -0.3 is 36.9 Å². The maximum Gasteiger partial charge on any atom is 0.326 e. The van der Waals surface area contributed by atoms with Crippen molar-refractivity contribution in [2.45, 2.75) is 57.3 Å². The highest BCUT2D eigenvalue weighted by Crippen LogP contribution is 2.20. The summed E-state index contributed by atoms with van der Waals surface area (Å²) in [5.41, 5.74) is 8.09. The fourth-order valence-electron chi connectivity index (χ4n) is 4.38. The maximum absolute atomic E-state index is 13.7. The largest absolute Gasteiger partial charge is 0.508 e. The van der Waals surface area contributed by atoms with Gasteiger partial charge in [-0.2, -0.15) is 12.6 Å². The molecule has 0 aliphatic rings. The van der Waals surface area contributed by atoms with Crippen LogP contribution in [0.15, 0.2) is 54.7 Å². The van der Waals surface area contributed by atoms with Crippen LogP contribution in [0.3, 0.4) is 0 Å². The van der Waals surface area contributed by atoms with Crippen molar-refractivity contribution >= 4 is 47.2 Å². The zero-order chi connectivity index (χ0) is 30.1. The lowest BCUT2D eigenvalue weighted by Crippen LogP contribution is -2.58. The van der Waals surface area contributed by atoms with Crippen LogP contribution in [-0.2, 0) is 32.0 Å². The van der Waals surface area contributed by atoms with E-state index in [1.165, 1.54) is 12.1 Å². The summed E-state index contributed by atoms with van der Waals surface area (Å²) in [4.78, 5) is 54.8. The quantitative estimate of drug-likeness (QED) is 0.132. The number of aliphatic carboxylic acids is 1. The molecular formula is C29H37N5O6S. The van der Waals surface area contributed by atoms with Crippen LogP contribution in [0.25, 0.3) is 10.9 Å². The highest BCUT2D eigenvalue weighted by atomic mass is 32.1. The number of hydrogen-bond donors (Lipinski definition) is 8. The number of carboxylic acid groups (broad SMARTS) is 1. The number of fused-ring (bicyclic) bond motifs is 1. The zero-order valence-corrected chi connectivity index (χ0v) is 23.9. The number of amides is 3. The Kier molecular flexibility index (Phi) is 11.2. The summed E-state index contributed by atoms with van der Waals surface area (Å²) >= 11 is 4.07. The second-order valence-corrected chi connectivity index (χ2v) is 10.4. The number of nitrogens with two attached hydrogens (primary N) is 1. The minimum Gasteiger partial charge on any atom is -0.508 e. The van der Waals surface area contributed by atoms with Crippen LogP contribution in [0.1, 0.15) is 31.4 Å². The number of carboxylic acids is 1. The van der Waals surface area contributed by atoms with E-state index in [0.29, 0.717) is 12.0 Å².